The Hall–Kier alpha value is -0.175. The predicted octanol–water partition coefficient (Wildman–Crippen LogP) is 0.430. The van der Waals surface area contributed by atoms with Crippen molar-refractivity contribution in [2.24, 2.45) is 4.90 Å². The van der Waals surface area contributed by atoms with E-state index in [0.29, 0.717) is 7.60 Å². The molecule has 0 bridgehead atoms. The van der Waals surface area contributed by atoms with Crippen molar-refractivity contribution >= 4 is 24.6 Å². The Morgan fingerprint density at radius 1 is 2.40 bits per heavy atom. The third-order valence-electron chi connectivity index (χ3n) is 0.101. The monoisotopic (exact) mass is 90.0 g/mol. The van der Waals surface area contributed by atoms with Crippen LogP contribution in [0.15, 0.2) is 4.90 Å². The third kappa shape index (κ3) is 3.82. The number of halogens is 1. The molecule has 0 aromatic heterocycles. The van der Waals surface area contributed by atoms with Gasteiger partial charge in [-0.05, 0) is 0 Å². The van der Waals surface area contributed by atoms with Gasteiger partial charge in [0, 0.05) is 0 Å². The van der Waals surface area contributed by atoms with Crippen molar-refractivity contribution < 1.29 is 4.79 Å². The normalized spacial score (nSPS) is 10.2. The van der Waals surface area contributed by atoms with Crippen LogP contribution in [0.3, 0.4) is 0 Å². The van der Waals surface area contributed by atoms with Crippen molar-refractivity contribution in [3.8, 4) is 0 Å². The first-order valence-corrected chi connectivity index (χ1v) is 1.25. The summed E-state index contributed by atoms with van der Waals surface area (Å²) < 4.78 is 6.14. The van der Waals surface area contributed by atoms with Crippen LogP contribution < -0.4 is 0 Å². The van der Waals surface area contributed by atoms with E-state index in [2.05, 4.69) is 16.5 Å². The Balaban J connectivity index is 3.30. The van der Waals surface area contributed by atoms with E-state index in [1.807, 2.05) is 0 Å². The van der Waals surface area contributed by atoms with Crippen LogP contribution >= 0.6 is 11.6 Å². The molecule has 0 spiro atoms. The maximum absolute atomic E-state index is 9.49. The van der Waals surface area contributed by atoms with Gasteiger partial charge < -0.3 is 0 Å². The van der Waals surface area contributed by atoms with Gasteiger partial charge in [0.25, 0.3) is 0 Å². The van der Waals surface area contributed by atoms with E-state index in [4.69, 9.17) is 1.34 Å². The fourth-order valence-corrected chi connectivity index (χ4v) is 0. The molecule has 0 rings (SSSR count). The average Bonchev–Trinajstić information content (AvgIpc) is 1.35. The fraction of sp³-hybridized carbons (Fsp3) is 0. The molecular formula is CHBClNO. The van der Waals surface area contributed by atoms with Gasteiger partial charge in [0.1, 0.15) is 0 Å². The molecule has 0 fully saturated rings. The summed E-state index contributed by atoms with van der Waals surface area (Å²) in [6.45, 7) is 0. The molecule has 0 aromatic carbocycles. The van der Waals surface area contributed by atoms with Gasteiger partial charge in [0.2, 0.25) is 0 Å². The molecule has 0 N–H and O–H groups in total. The summed E-state index contributed by atoms with van der Waals surface area (Å²) >= 11 is 4.62. The number of rotatable bonds is 0. The van der Waals surface area contributed by atoms with E-state index in [-0.39, 0.29) is 0 Å². The summed E-state index contributed by atoms with van der Waals surface area (Å²) in [4.78, 5) is 12.3. The average molecular weight is 90.3 g/mol. The van der Waals surface area contributed by atoms with Gasteiger partial charge in [0.05, 0.1) is 0 Å². The molecule has 0 heterocycles. The van der Waals surface area contributed by atoms with Crippen LogP contribution in [0.5, 0.6) is 0 Å². The summed E-state index contributed by atoms with van der Waals surface area (Å²) in [7, 11) is 0.593. The summed E-state index contributed by atoms with van der Waals surface area (Å²) in [5.74, 6) is 0. The fourth-order valence-electron chi connectivity index (χ4n) is 0. The Morgan fingerprint density at radius 3 is 3.00 bits per heavy atom. The molecule has 0 aliphatic heterocycles. The van der Waals surface area contributed by atoms with Gasteiger partial charge in [-0.1, -0.05) is 0 Å². The minimum atomic E-state index is -0.856. The second-order valence-electron chi connectivity index (χ2n) is 0.382. The van der Waals surface area contributed by atoms with E-state index in [1.54, 1.807) is 0 Å². The quantitative estimate of drug-likeness (QED) is 0.241. The summed E-state index contributed by atoms with van der Waals surface area (Å²) in [5.41, 5.74) is 0. The molecule has 5 heavy (non-hydrogen) atoms. The van der Waals surface area contributed by atoms with E-state index in [9.17, 15) is 4.79 Å². The Morgan fingerprint density at radius 2 is 3.00 bits per heavy atom. The molecule has 0 saturated carbocycles. The molecule has 1 amide bonds. The molecule has 0 unspecified atom stereocenters. The number of carbonyl (C=O) groups is 1. The number of hydrogen-bond acceptors (Lipinski definition) is 1. The zero-order chi connectivity index (χ0) is 4.99. The number of amides is 1. The second-order valence-corrected chi connectivity index (χ2v) is 0.705. The van der Waals surface area contributed by atoms with Gasteiger partial charge in [-0.3, -0.25) is 0 Å². The van der Waals surface area contributed by atoms with Crippen molar-refractivity contribution in [1.29, 1.82) is 1.34 Å². The van der Waals surface area contributed by atoms with Crippen molar-refractivity contribution in [3.05, 3.63) is 0 Å². The van der Waals surface area contributed by atoms with Crippen molar-refractivity contribution in [2.75, 3.05) is 0 Å². The topological polar surface area (TPSA) is 29.4 Å². The molecule has 26 valence electrons. The van der Waals surface area contributed by atoms with Crippen LogP contribution in [-0.2, 0) is 0 Å². The van der Waals surface area contributed by atoms with Crippen molar-refractivity contribution in [3.63, 3.8) is 0 Å². The van der Waals surface area contributed by atoms with Crippen LogP contribution in [0.4, 0.5) is 4.79 Å². The zero-order valence-electron chi connectivity index (χ0n) is 3.31. The molecule has 2 nitrogen and oxygen atoms in total. The predicted molar refractivity (Wildman–Crippen MR) is 20.8 cm³/mol. The second kappa shape index (κ2) is 2.09. The first-order chi connectivity index (χ1) is 2.77. The minimum absolute atomic E-state index is 0.593. The van der Waals surface area contributed by atoms with Crippen LogP contribution in [0.25, 0.3) is 0 Å². The molecule has 0 aliphatic carbocycles. The molecule has 0 radical (unpaired) electrons. The zero-order valence-corrected chi connectivity index (χ0v) is 3.07. The van der Waals surface area contributed by atoms with E-state index in [0.717, 1.165) is 0 Å². The van der Waals surface area contributed by atoms with Crippen LogP contribution in [-0.4, -0.2) is 14.3 Å². The molecule has 0 aliphatic rings. The van der Waals surface area contributed by atoms with E-state index < -0.39 is 5.37 Å². The van der Waals surface area contributed by atoms with Gasteiger partial charge >= 0.3 is 35.6 Å². The Labute approximate surface area is 36.6 Å². The van der Waals surface area contributed by atoms with Gasteiger partial charge in [-0.2, -0.15) is 0 Å². The van der Waals surface area contributed by atoms with E-state index in [1.165, 1.54) is 0 Å². The van der Waals surface area contributed by atoms with Gasteiger partial charge in [-0.25, -0.2) is 0 Å². The number of carbonyl (C=O) groups excluding carboxylic acids is 1. The summed E-state index contributed by atoms with van der Waals surface area (Å²) in [6.07, 6.45) is 0. The van der Waals surface area contributed by atoms with Crippen LogP contribution in [0.2, 0.25) is 0 Å². The van der Waals surface area contributed by atoms with E-state index >= 15 is 0 Å². The maximum atomic E-state index is 9.49. The van der Waals surface area contributed by atoms with Crippen molar-refractivity contribution in [1.82, 2.24) is 0 Å². The van der Waals surface area contributed by atoms with Gasteiger partial charge in [-0.15, -0.1) is 0 Å². The van der Waals surface area contributed by atoms with Crippen LogP contribution in [0.1, 0.15) is 0 Å². The van der Waals surface area contributed by atoms with Crippen molar-refractivity contribution in [2.45, 2.75) is 0 Å². The third-order valence-corrected chi connectivity index (χ3v) is 0.199. The summed E-state index contributed by atoms with van der Waals surface area (Å²) in [6, 6.07) is 0. The number of hydrogen-bond donors (Lipinski definition) is 0. The molecule has 0 aromatic rings. The first kappa shape index (κ1) is 3.03. The molecule has 0 atom stereocenters. The molecular weight excluding hydrogens is 88.3 g/mol. The van der Waals surface area contributed by atoms with Crippen LogP contribution in [0, 0.1) is 0 Å². The Kier molecular flexibility index (Phi) is 1.27. The van der Waals surface area contributed by atoms with Gasteiger partial charge in [0.15, 0.2) is 0 Å². The molecule has 4 heteroatoms. The number of nitrogens with zero attached hydrogens (tertiary/aromatic N) is 1. The summed E-state index contributed by atoms with van der Waals surface area (Å²) in [5, 5.41) is -0.856. The Bertz CT molecular complexity index is 83.6. The molecule has 0 saturated heterocycles. The standard InChI is InChI=1S/CHBClNO/c2-4-1(3)5/h2H/i2D. The SMILES string of the molecule is [2H]B=NC(=O)Cl. The first-order valence-electron chi connectivity index (χ1n) is 1.45.